The first-order chi connectivity index (χ1) is 15.9. The Morgan fingerprint density at radius 3 is 2.64 bits per heavy atom. The number of imidazole rings is 1. The van der Waals surface area contributed by atoms with Crippen LogP contribution in [0.15, 0.2) is 66.8 Å². The van der Waals surface area contributed by atoms with Crippen LogP contribution >= 0.6 is 23.2 Å². The lowest BCUT2D eigenvalue weighted by molar-refractivity contribution is -0.139. The second kappa shape index (κ2) is 9.68. The average molecular weight is 486 g/mol. The number of carbonyl (C=O) groups excluding carboxylic acids is 2. The molecule has 9 heteroatoms. The van der Waals surface area contributed by atoms with E-state index in [9.17, 15) is 14.7 Å². The highest BCUT2D eigenvalue weighted by molar-refractivity contribution is 6.46. The summed E-state index contributed by atoms with van der Waals surface area (Å²) >= 11 is 12.4. The number of aromatic nitrogens is 2. The fourth-order valence-corrected chi connectivity index (χ4v) is 4.40. The minimum absolute atomic E-state index is 0.00821. The number of ether oxygens (including phenoxy) is 1. The quantitative estimate of drug-likeness (QED) is 0.297. The Kier molecular flexibility index (Phi) is 6.72. The van der Waals surface area contributed by atoms with Gasteiger partial charge in [0.1, 0.15) is 11.5 Å². The van der Waals surface area contributed by atoms with Crippen molar-refractivity contribution in [2.45, 2.75) is 19.0 Å². The molecule has 2 heterocycles. The van der Waals surface area contributed by atoms with E-state index in [1.807, 2.05) is 10.8 Å². The summed E-state index contributed by atoms with van der Waals surface area (Å²) in [5.74, 6) is -1.31. The van der Waals surface area contributed by atoms with Crippen LogP contribution in [0.5, 0.6) is 5.75 Å². The van der Waals surface area contributed by atoms with E-state index >= 15 is 0 Å². The van der Waals surface area contributed by atoms with Crippen molar-refractivity contribution in [3.05, 3.63) is 87.9 Å². The van der Waals surface area contributed by atoms with Crippen molar-refractivity contribution in [1.82, 2.24) is 14.5 Å². The number of nitrogens with zero attached hydrogens (tertiary/aromatic N) is 3. The van der Waals surface area contributed by atoms with Gasteiger partial charge in [-0.05, 0) is 42.3 Å². The first-order valence-electron chi connectivity index (χ1n) is 10.2. The molecule has 4 rings (SSSR count). The second-order valence-electron chi connectivity index (χ2n) is 7.55. The van der Waals surface area contributed by atoms with Crippen LogP contribution in [0.25, 0.3) is 5.76 Å². The largest absolute Gasteiger partial charge is 0.507 e. The van der Waals surface area contributed by atoms with Crippen molar-refractivity contribution >= 4 is 40.7 Å². The molecule has 2 aromatic carbocycles. The van der Waals surface area contributed by atoms with Gasteiger partial charge in [-0.3, -0.25) is 9.59 Å². The van der Waals surface area contributed by atoms with Gasteiger partial charge in [-0.1, -0.05) is 35.3 Å². The Bertz CT molecular complexity index is 1220. The van der Waals surface area contributed by atoms with E-state index in [1.54, 1.807) is 48.9 Å². The van der Waals surface area contributed by atoms with E-state index in [4.69, 9.17) is 27.9 Å². The van der Waals surface area contributed by atoms with Gasteiger partial charge in [0.15, 0.2) is 0 Å². The molecule has 0 bridgehead atoms. The van der Waals surface area contributed by atoms with Gasteiger partial charge in [-0.2, -0.15) is 0 Å². The molecule has 1 aromatic heterocycles. The van der Waals surface area contributed by atoms with Crippen molar-refractivity contribution < 1.29 is 19.4 Å². The molecule has 1 amide bonds. The van der Waals surface area contributed by atoms with E-state index in [0.29, 0.717) is 41.4 Å². The molecular weight excluding hydrogens is 465 g/mol. The molecule has 0 saturated carbocycles. The first kappa shape index (κ1) is 22.9. The Labute approximate surface area is 200 Å². The summed E-state index contributed by atoms with van der Waals surface area (Å²) in [6.45, 7) is 0.930. The molecule has 170 valence electrons. The number of aliphatic hydroxyl groups excluding tert-OH is 1. The molecule has 1 fully saturated rings. The number of benzene rings is 2. The molecule has 1 saturated heterocycles. The van der Waals surface area contributed by atoms with Crippen molar-refractivity contribution in [2.24, 2.45) is 0 Å². The molecular formula is C24H21Cl2N3O4. The van der Waals surface area contributed by atoms with Crippen molar-refractivity contribution in [3.63, 3.8) is 0 Å². The summed E-state index contributed by atoms with van der Waals surface area (Å²) in [4.78, 5) is 31.6. The molecule has 7 nitrogen and oxygen atoms in total. The highest BCUT2D eigenvalue weighted by Gasteiger charge is 2.45. The highest BCUT2D eigenvalue weighted by Crippen LogP contribution is 2.40. The Morgan fingerprint density at radius 1 is 1.15 bits per heavy atom. The minimum atomic E-state index is -0.785. The molecule has 1 aliphatic heterocycles. The normalized spacial score (nSPS) is 17.5. The topological polar surface area (TPSA) is 84.7 Å². The van der Waals surface area contributed by atoms with Crippen LogP contribution in [0.1, 0.15) is 23.6 Å². The number of amides is 1. The summed E-state index contributed by atoms with van der Waals surface area (Å²) in [6, 6.07) is 10.8. The first-order valence-corrected chi connectivity index (χ1v) is 11.0. The van der Waals surface area contributed by atoms with Gasteiger partial charge < -0.3 is 19.3 Å². The number of aliphatic hydroxyl groups is 1. The number of Topliss-reactive ketones (excluding diaryl/α,β-unsaturated/α-hetero) is 1. The van der Waals surface area contributed by atoms with Gasteiger partial charge in [0.05, 0.1) is 30.1 Å². The Morgan fingerprint density at radius 2 is 1.97 bits per heavy atom. The molecule has 1 atom stereocenters. The lowest BCUT2D eigenvalue weighted by atomic mass is 9.95. The zero-order valence-electron chi connectivity index (χ0n) is 17.7. The van der Waals surface area contributed by atoms with E-state index in [2.05, 4.69) is 4.98 Å². The SMILES string of the molecule is COc1ccc(/C(O)=C2\C(=O)C(=O)N(CCCn3ccnc3)C2c2cccc(Cl)c2)cc1Cl. The van der Waals surface area contributed by atoms with Crippen LogP contribution < -0.4 is 4.74 Å². The monoisotopic (exact) mass is 485 g/mol. The van der Waals surface area contributed by atoms with Gasteiger partial charge >= 0.3 is 0 Å². The van der Waals surface area contributed by atoms with E-state index in [1.165, 1.54) is 18.1 Å². The lowest BCUT2D eigenvalue weighted by Crippen LogP contribution is -2.31. The smallest absolute Gasteiger partial charge is 0.295 e. The van der Waals surface area contributed by atoms with Crippen molar-refractivity contribution in [3.8, 4) is 5.75 Å². The number of methoxy groups -OCH3 is 1. The maximum Gasteiger partial charge on any atom is 0.295 e. The number of hydrogen-bond donors (Lipinski definition) is 1. The molecule has 0 spiro atoms. The van der Waals surface area contributed by atoms with Crippen molar-refractivity contribution in [1.29, 1.82) is 0 Å². The number of hydrogen-bond acceptors (Lipinski definition) is 5. The van der Waals surface area contributed by atoms with Crippen LogP contribution in [-0.2, 0) is 16.1 Å². The van der Waals surface area contributed by atoms with Crippen LogP contribution in [0, 0.1) is 0 Å². The molecule has 0 radical (unpaired) electrons. The Balaban J connectivity index is 1.75. The zero-order chi connectivity index (χ0) is 23.5. The molecule has 0 aliphatic carbocycles. The maximum absolute atomic E-state index is 13.1. The number of carbonyl (C=O) groups is 2. The van der Waals surface area contributed by atoms with E-state index in [0.717, 1.165) is 0 Å². The zero-order valence-corrected chi connectivity index (χ0v) is 19.3. The minimum Gasteiger partial charge on any atom is -0.507 e. The third kappa shape index (κ3) is 4.60. The Hall–Kier alpha value is -3.29. The molecule has 1 unspecified atom stereocenters. The molecule has 1 aliphatic rings. The third-order valence-corrected chi connectivity index (χ3v) is 6.03. The molecule has 33 heavy (non-hydrogen) atoms. The van der Waals surface area contributed by atoms with Crippen molar-refractivity contribution in [2.75, 3.05) is 13.7 Å². The van der Waals surface area contributed by atoms with Gasteiger partial charge in [0.2, 0.25) is 0 Å². The predicted octanol–water partition coefficient (Wildman–Crippen LogP) is 4.71. The number of likely N-dealkylation sites (tertiary alicyclic amines) is 1. The van der Waals surface area contributed by atoms with Crippen LogP contribution in [0.4, 0.5) is 0 Å². The maximum atomic E-state index is 13.1. The summed E-state index contributed by atoms with van der Waals surface area (Å²) in [6.07, 6.45) is 5.79. The summed E-state index contributed by atoms with van der Waals surface area (Å²) in [5.41, 5.74) is 0.931. The number of rotatable bonds is 7. The molecule has 1 N–H and O–H groups in total. The second-order valence-corrected chi connectivity index (χ2v) is 8.39. The number of ketones is 1. The fourth-order valence-electron chi connectivity index (χ4n) is 3.95. The van der Waals surface area contributed by atoms with E-state index < -0.39 is 17.7 Å². The number of aryl methyl sites for hydroxylation is 1. The highest BCUT2D eigenvalue weighted by atomic mass is 35.5. The van der Waals surface area contributed by atoms with E-state index in [-0.39, 0.29) is 16.4 Å². The summed E-state index contributed by atoms with van der Waals surface area (Å²) in [7, 11) is 1.48. The molecule has 3 aromatic rings. The van der Waals surface area contributed by atoms with Crippen LogP contribution in [0.2, 0.25) is 10.0 Å². The summed E-state index contributed by atoms with van der Waals surface area (Å²) in [5, 5.41) is 11.9. The van der Waals surface area contributed by atoms with Crippen LogP contribution in [-0.4, -0.2) is 44.9 Å². The van der Waals surface area contributed by atoms with Gasteiger partial charge in [-0.15, -0.1) is 0 Å². The lowest BCUT2D eigenvalue weighted by Gasteiger charge is -2.25. The standard InChI is InChI=1S/C24H21Cl2N3O4/c1-33-19-7-6-16(13-18(19)26)22(30)20-21(15-4-2-5-17(25)12-15)29(24(32)23(20)31)10-3-9-28-11-8-27-14-28/h2,4-8,11-14,21,30H,3,9-10H2,1H3/b22-20+. The predicted molar refractivity (Wildman–Crippen MR) is 125 cm³/mol. The summed E-state index contributed by atoms with van der Waals surface area (Å²) < 4.78 is 7.05. The van der Waals surface area contributed by atoms with Crippen LogP contribution in [0.3, 0.4) is 0 Å². The number of halogens is 2. The third-order valence-electron chi connectivity index (χ3n) is 5.50. The van der Waals surface area contributed by atoms with Gasteiger partial charge in [0.25, 0.3) is 11.7 Å². The van der Waals surface area contributed by atoms with Gasteiger partial charge in [-0.25, -0.2) is 4.98 Å². The fraction of sp³-hybridized carbons (Fsp3) is 0.208. The van der Waals surface area contributed by atoms with Gasteiger partial charge in [0, 0.05) is 36.1 Å². The average Bonchev–Trinajstić information content (AvgIpc) is 3.41.